The number of nitrogens with zero attached hydrogens (tertiary/aromatic N) is 3. The molecule has 0 unspecified atom stereocenters. The molecule has 3 rings (SSSR count). The van der Waals surface area contributed by atoms with Gasteiger partial charge in [0.15, 0.2) is 0 Å². The molecule has 0 radical (unpaired) electrons. The number of amides is 1. The van der Waals surface area contributed by atoms with E-state index in [-0.39, 0.29) is 17.9 Å². The number of aromatic nitrogens is 4. The molecule has 1 fully saturated rings. The van der Waals surface area contributed by atoms with Gasteiger partial charge in [-0.3, -0.25) is 9.89 Å². The first-order valence-electron chi connectivity index (χ1n) is 7.24. The average Bonchev–Trinajstić information content (AvgIpc) is 3.00. The van der Waals surface area contributed by atoms with E-state index in [0.717, 1.165) is 5.69 Å². The van der Waals surface area contributed by atoms with Crippen LogP contribution in [0.5, 0.6) is 0 Å². The van der Waals surface area contributed by atoms with Crippen LogP contribution < -0.4 is 5.32 Å². The maximum absolute atomic E-state index is 12.1. The lowest BCUT2D eigenvalue weighted by molar-refractivity contribution is 0.0928. The smallest absolute Gasteiger partial charge is 0.272 e. The number of carbonyl (C=O) groups excluding carboxylic acids is 1. The van der Waals surface area contributed by atoms with Crippen molar-refractivity contribution in [1.29, 1.82) is 0 Å². The third-order valence-corrected chi connectivity index (χ3v) is 3.52. The van der Waals surface area contributed by atoms with Crippen molar-refractivity contribution in [2.45, 2.75) is 51.5 Å². The van der Waals surface area contributed by atoms with E-state index in [1.54, 1.807) is 0 Å². The minimum atomic E-state index is -0.349. The Labute approximate surface area is 122 Å². The van der Waals surface area contributed by atoms with Crippen LogP contribution in [0, 0.1) is 0 Å². The van der Waals surface area contributed by atoms with Gasteiger partial charge >= 0.3 is 0 Å². The summed E-state index contributed by atoms with van der Waals surface area (Å²) in [6.45, 7) is 5.76. The number of carbonyl (C=O) groups is 1. The van der Waals surface area contributed by atoms with Crippen molar-refractivity contribution in [2.75, 3.05) is 0 Å². The minimum absolute atomic E-state index is 0.168. The number of H-pyrrole nitrogens is 1. The molecule has 1 amide bonds. The molecular weight excluding hydrogens is 270 g/mol. The molecule has 7 heteroatoms. The van der Waals surface area contributed by atoms with Gasteiger partial charge in [0.25, 0.3) is 5.91 Å². The highest BCUT2D eigenvalue weighted by molar-refractivity contribution is 5.92. The molecule has 1 saturated carbocycles. The Bertz CT molecular complexity index is 641. The lowest BCUT2D eigenvalue weighted by atomic mass is 10.2. The van der Waals surface area contributed by atoms with Gasteiger partial charge in [-0.25, -0.2) is 0 Å². The molecule has 2 N–H and O–H groups in total. The Morgan fingerprint density at radius 2 is 2.05 bits per heavy atom. The van der Waals surface area contributed by atoms with Gasteiger partial charge in [0, 0.05) is 17.5 Å². The molecule has 2 aromatic rings. The molecule has 21 heavy (non-hydrogen) atoms. The van der Waals surface area contributed by atoms with Crippen molar-refractivity contribution >= 4 is 5.91 Å². The minimum Gasteiger partial charge on any atom is -0.423 e. The highest BCUT2D eigenvalue weighted by Gasteiger charge is 2.27. The Balaban J connectivity index is 1.64. The molecule has 2 aromatic heterocycles. The first kappa shape index (κ1) is 13.8. The van der Waals surface area contributed by atoms with Gasteiger partial charge < -0.3 is 9.73 Å². The van der Waals surface area contributed by atoms with E-state index in [4.69, 9.17) is 4.42 Å². The van der Waals surface area contributed by atoms with Gasteiger partial charge in [-0.05, 0) is 25.8 Å². The normalized spacial score (nSPS) is 16.2. The van der Waals surface area contributed by atoms with Gasteiger partial charge in [0.05, 0.1) is 0 Å². The van der Waals surface area contributed by atoms with Crippen LogP contribution in [0.3, 0.4) is 0 Å². The maximum Gasteiger partial charge on any atom is 0.272 e. The van der Waals surface area contributed by atoms with Gasteiger partial charge in [0.1, 0.15) is 11.7 Å². The molecular formula is C14H19N5O2. The van der Waals surface area contributed by atoms with Crippen LogP contribution in [0.1, 0.15) is 79.5 Å². The zero-order valence-corrected chi connectivity index (χ0v) is 12.4. The number of hydrogen-bond acceptors (Lipinski definition) is 5. The van der Waals surface area contributed by atoms with E-state index in [1.807, 2.05) is 26.8 Å². The number of aromatic amines is 1. The van der Waals surface area contributed by atoms with E-state index >= 15 is 0 Å². The number of rotatable bonds is 5. The van der Waals surface area contributed by atoms with Crippen LogP contribution in [-0.4, -0.2) is 26.3 Å². The zero-order chi connectivity index (χ0) is 15.0. The first-order valence-corrected chi connectivity index (χ1v) is 7.24. The fourth-order valence-electron chi connectivity index (χ4n) is 2.04. The van der Waals surface area contributed by atoms with Crippen molar-refractivity contribution in [1.82, 2.24) is 25.7 Å². The largest absolute Gasteiger partial charge is 0.423 e. The summed E-state index contributed by atoms with van der Waals surface area (Å²) < 4.78 is 5.53. The number of nitrogens with one attached hydrogen (secondary N) is 2. The summed E-state index contributed by atoms with van der Waals surface area (Å²) in [4.78, 5) is 12.1. The zero-order valence-electron chi connectivity index (χ0n) is 12.4. The van der Waals surface area contributed by atoms with Crippen molar-refractivity contribution < 1.29 is 9.21 Å². The van der Waals surface area contributed by atoms with E-state index in [1.165, 1.54) is 12.8 Å². The van der Waals surface area contributed by atoms with Gasteiger partial charge in [-0.1, -0.05) is 13.8 Å². The van der Waals surface area contributed by atoms with Crippen LogP contribution in [0.4, 0.5) is 0 Å². The Kier molecular flexibility index (Phi) is 3.48. The monoisotopic (exact) mass is 289 g/mol. The van der Waals surface area contributed by atoms with Crippen LogP contribution in [0.2, 0.25) is 0 Å². The quantitative estimate of drug-likeness (QED) is 0.880. The molecule has 0 aliphatic heterocycles. The topological polar surface area (TPSA) is 96.7 Å². The summed E-state index contributed by atoms with van der Waals surface area (Å²) >= 11 is 0. The van der Waals surface area contributed by atoms with Crippen molar-refractivity contribution in [3.8, 4) is 0 Å². The lowest BCUT2D eigenvalue weighted by Gasteiger charge is -2.08. The third kappa shape index (κ3) is 2.96. The summed E-state index contributed by atoms with van der Waals surface area (Å²) in [6.07, 6.45) is 2.33. The molecule has 0 saturated heterocycles. The summed E-state index contributed by atoms with van der Waals surface area (Å²) in [6, 6.07) is 1.46. The number of hydrogen-bond donors (Lipinski definition) is 2. The fourth-order valence-corrected chi connectivity index (χ4v) is 2.04. The molecule has 1 atom stereocenters. The third-order valence-electron chi connectivity index (χ3n) is 3.52. The second-order valence-electron chi connectivity index (χ2n) is 5.81. The fraction of sp³-hybridized carbons (Fsp3) is 0.571. The predicted octanol–water partition coefficient (Wildman–Crippen LogP) is 2.28. The Morgan fingerprint density at radius 3 is 2.67 bits per heavy atom. The molecule has 1 aliphatic carbocycles. The Hall–Kier alpha value is -2.18. The maximum atomic E-state index is 12.1. The summed E-state index contributed by atoms with van der Waals surface area (Å²) in [5.74, 6) is 1.45. The lowest BCUT2D eigenvalue weighted by Crippen LogP contribution is -2.27. The molecule has 1 aliphatic rings. The second-order valence-corrected chi connectivity index (χ2v) is 5.81. The SMILES string of the molecule is CC(C)c1nnc([C@H](C)NC(=O)c2cc(C3CC3)[nH]n2)o1. The molecule has 2 heterocycles. The van der Waals surface area contributed by atoms with Crippen molar-refractivity contribution in [2.24, 2.45) is 0 Å². The van der Waals surface area contributed by atoms with E-state index in [2.05, 4.69) is 25.7 Å². The average molecular weight is 289 g/mol. The molecule has 0 bridgehead atoms. The van der Waals surface area contributed by atoms with E-state index in [9.17, 15) is 4.79 Å². The van der Waals surface area contributed by atoms with Crippen molar-refractivity contribution in [3.05, 3.63) is 29.2 Å². The van der Waals surface area contributed by atoms with Crippen LogP contribution in [0.15, 0.2) is 10.5 Å². The van der Waals surface area contributed by atoms with Crippen LogP contribution in [-0.2, 0) is 0 Å². The Morgan fingerprint density at radius 1 is 1.33 bits per heavy atom. The standard InChI is InChI=1S/C14H19N5O2/c1-7(2)13-18-19-14(21-13)8(3)15-12(20)11-6-10(16-17-11)9-4-5-9/h6-9H,4-5H2,1-3H3,(H,15,20)(H,16,17)/t8-/m0/s1. The predicted molar refractivity (Wildman–Crippen MR) is 74.8 cm³/mol. The van der Waals surface area contributed by atoms with Gasteiger partial charge in [-0.2, -0.15) is 5.10 Å². The first-order chi connectivity index (χ1) is 10.0. The molecule has 0 spiro atoms. The van der Waals surface area contributed by atoms with Crippen LogP contribution in [0.25, 0.3) is 0 Å². The summed E-state index contributed by atoms with van der Waals surface area (Å²) in [5.41, 5.74) is 1.43. The van der Waals surface area contributed by atoms with E-state index < -0.39 is 0 Å². The molecule has 112 valence electrons. The van der Waals surface area contributed by atoms with Crippen LogP contribution >= 0.6 is 0 Å². The van der Waals surface area contributed by atoms with Crippen molar-refractivity contribution in [3.63, 3.8) is 0 Å². The molecule has 7 nitrogen and oxygen atoms in total. The highest BCUT2D eigenvalue weighted by Crippen LogP contribution is 2.39. The summed E-state index contributed by atoms with van der Waals surface area (Å²) in [7, 11) is 0. The second kappa shape index (κ2) is 5.31. The van der Waals surface area contributed by atoms with Gasteiger partial charge in [0.2, 0.25) is 11.8 Å². The highest BCUT2D eigenvalue weighted by atomic mass is 16.4. The summed E-state index contributed by atoms with van der Waals surface area (Å²) in [5, 5.41) is 17.7. The van der Waals surface area contributed by atoms with Gasteiger partial charge in [-0.15, -0.1) is 10.2 Å². The molecule has 0 aromatic carbocycles. The van der Waals surface area contributed by atoms with E-state index in [0.29, 0.717) is 23.4 Å².